The Kier molecular flexibility index (Phi) is 1.78. The summed E-state index contributed by atoms with van der Waals surface area (Å²) in [7, 11) is 0. The van der Waals surface area contributed by atoms with Gasteiger partial charge in [0.15, 0.2) is 0 Å². The van der Waals surface area contributed by atoms with Crippen LogP contribution in [0.5, 0.6) is 0 Å². The van der Waals surface area contributed by atoms with Crippen LogP contribution in [0.15, 0.2) is 41.5 Å². The lowest BCUT2D eigenvalue weighted by atomic mass is 9.77. The summed E-state index contributed by atoms with van der Waals surface area (Å²) in [6.45, 7) is 0.791. The standard InChI is InChI=1S/C12H12N2O/c15-12-13-5-6-14(12)8-10-7-9-3-1-2-4-11(9)10/h1-6,10H,7-8H2,(H,13,15). The lowest BCUT2D eigenvalue weighted by Gasteiger charge is -2.29. The molecule has 0 bridgehead atoms. The second kappa shape index (κ2) is 3.12. The summed E-state index contributed by atoms with van der Waals surface area (Å²) in [6.07, 6.45) is 4.59. The van der Waals surface area contributed by atoms with E-state index in [2.05, 4.69) is 29.2 Å². The van der Waals surface area contributed by atoms with Crippen molar-refractivity contribution >= 4 is 0 Å². The van der Waals surface area contributed by atoms with Crippen molar-refractivity contribution in [2.45, 2.75) is 18.9 Å². The molecule has 1 N–H and O–H groups in total. The molecule has 0 spiro atoms. The number of benzene rings is 1. The van der Waals surface area contributed by atoms with Gasteiger partial charge in [0.25, 0.3) is 0 Å². The average molecular weight is 200 g/mol. The second-order valence-corrected chi connectivity index (χ2v) is 4.02. The zero-order valence-corrected chi connectivity index (χ0v) is 8.31. The van der Waals surface area contributed by atoms with Crippen LogP contribution in [0.25, 0.3) is 0 Å². The number of hydrogen-bond donors (Lipinski definition) is 1. The van der Waals surface area contributed by atoms with Crippen molar-refractivity contribution in [1.29, 1.82) is 0 Å². The van der Waals surface area contributed by atoms with Crippen LogP contribution in [0.3, 0.4) is 0 Å². The van der Waals surface area contributed by atoms with Crippen LogP contribution >= 0.6 is 0 Å². The fraction of sp³-hybridized carbons (Fsp3) is 0.250. The van der Waals surface area contributed by atoms with Gasteiger partial charge in [-0.1, -0.05) is 24.3 Å². The minimum absolute atomic E-state index is 0.0145. The van der Waals surface area contributed by atoms with Crippen LogP contribution in [0.1, 0.15) is 17.0 Å². The van der Waals surface area contributed by atoms with E-state index in [1.54, 1.807) is 10.8 Å². The van der Waals surface area contributed by atoms with Gasteiger partial charge in [-0.15, -0.1) is 0 Å². The largest absolute Gasteiger partial charge is 0.325 e. The number of H-pyrrole nitrogens is 1. The smallest absolute Gasteiger partial charge is 0.313 e. The second-order valence-electron chi connectivity index (χ2n) is 4.02. The molecule has 0 saturated carbocycles. The van der Waals surface area contributed by atoms with Gasteiger partial charge in [-0.05, 0) is 17.5 Å². The highest BCUT2D eigenvalue weighted by atomic mass is 16.1. The van der Waals surface area contributed by atoms with E-state index < -0.39 is 0 Å². The van der Waals surface area contributed by atoms with Gasteiger partial charge in [0.1, 0.15) is 0 Å². The van der Waals surface area contributed by atoms with E-state index in [0.717, 1.165) is 13.0 Å². The zero-order valence-electron chi connectivity index (χ0n) is 8.31. The molecule has 3 rings (SSSR count). The summed E-state index contributed by atoms with van der Waals surface area (Å²) < 4.78 is 1.74. The number of imidazole rings is 1. The van der Waals surface area contributed by atoms with Gasteiger partial charge in [-0.3, -0.25) is 4.57 Å². The molecule has 0 amide bonds. The minimum Gasteiger partial charge on any atom is -0.313 e. The number of rotatable bonds is 2. The van der Waals surface area contributed by atoms with Crippen molar-refractivity contribution in [2.75, 3.05) is 0 Å². The summed E-state index contributed by atoms with van der Waals surface area (Å²) in [5.41, 5.74) is 2.80. The highest BCUT2D eigenvalue weighted by Crippen LogP contribution is 2.35. The van der Waals surface area contributed by atoms with Crippen LogP contribution in [0.2, 0.25) is 0 Å². The van der Waals surface area contributed by atoms with Gasteiger partial charge in [-0.2, -0.15) is 0 Å². The van der Waals surface area contributed by atoms with Gasteiger partial charge >= 0.3 is 5.69 Å². The van der Waals surface area contributed by atoms with Crippen molar-refractivity contribution in [2.24, 2.45) is 0 Å². The van der Waals surface area contributed by atoms with Crippen molar-refractivity contribution in [1.82, 2.24) is 9.55 Å². The summed E-state index contributed by atoms with van der Waals surface area (Å²) >= 11 is 0. The Balaban J connectivity index is 1.84. The molecule has 1 atom stereocenters. The summed E-state index contributed by atoms with van der Waals surface area (Å²) in [4.78, 5) is 14.0. The minimum atomic E-state index is -0.0145. The first-order chi connectivity index (χ1) is 7.34. The van der Waals surface area contributed by atoms with Gasteiger partial charge in [0, 0.05) is 24.9 Å². The molecule has 1 aromatic carbocycles. The first-order valence-electron chi connectivity index (χ1n) is 5.16. The molecular weight excluding hydrogens is 188 g/mol. The Bertz CT molecular complexity index is 538. The fourth-order valence-corrected chi connectivity index (χ4v) is 2.26. The molecule has 2 aromatic rings. The maximum absolute atomic E-state index is 11.3. The first kappa shape index (κ1) is 8.53. The molecule has 0 radical (unpaired) electrons. The van der Waals surface area contributed by atoms with E-state index >= 15 is 0 Å². The van der Waals surface area contributed by atoms with E-state index in [1.165, 1.54) is 11.1 Å². The zero-order chi connectivity index (χ0) is 10.3. The monoisotopic (exact) mass is 200 g/mol. The SMILES string of the molecule is O=c1[nH]ccn1CC1Cc2ccccc21. The fourth-order valence-electron chi connectivity index (χ4n) is 2.26. The average Bonchev–Trinajstić information content (AvgIpc) is 2.61. The maximum atomic E-state index is 11.3. The van der Waals surface area contributed by atoms with Crippen LogP contribution in [-0.4, -0.2) is 9.55 Å². The molecule has 0 fully saturated rings. The Morgan fingerprint density at radius 2 is 2.27 bits per heavy atom. The van der Waals surface area contributed by atoms with Gasteiger partial charge in [0.05, 0.1) is 0 Å². The normalized spacial score (nSPS) is 18.3. The number of fused-ring (bicyclic) bond motifs is 1. The van der Waals surface area contributed by atoms with E-state index in [1.807, 2.05) is 6.20 Å². The van der Waals surface area contributed by atoms with Gasteiger partial charge in [0.2, 0.25) is 0 Å². The highest BCUT2D eigenvalue weighted by Gasteiger charge is 2.25. The van der Waals surface area contributed by atoms with Crippen molar-refractivity contribution < 1.29 is 0 Å². The molecule has 76 valence electrons. The molecule has 3 heteroatoms. The summed E-state index contributed by atoms with van der Waals surface area (Å²) in [5.74, 6) is 0.509. The molecule has 1 aliphatic rings. The van der Waals surface area contributed by atoms with E-state index in [9.17, 15) is 4.79 Å². The van der Waals surface area contributed by atoms with Crippen LogP contribution in [-0.2, 0) is 13.0 Å². The molecular formula is C12H12N2O. The third-order valence-electron chi connectivity index (χ3n) is 3.10. The number of nitrogens with one attached hydrogen (secondary N) is 1. The Morgan fingerprint density at radius 1 is 1.40 bits per heavy atom. The molecule has 1 unspecified atom stereocenters. The summed E-state index contributed by atoms with van der Waals surface area (Å²) in [5, 5.41) is 0. The van der Waals surface area contributed by atoms with Crippen molar-refractivity contribution in [3.05, 3.63) is 58.3 Å². The number of aromatic nitrogens is 2. The third kappa shape index (κ3) is 1.31. The number of nitrogens with zero attached hydrogens (tertiary/aromatic N) is 1. The summed E-state index contributed by atoms with van der Waals surface area (Å²) in [6, 6.07) is 8.44. The van der Waals surface area contributed by atoms with E-state index in [-0.39, 0.29) is 5.69 Å². The Hall–Kier alpha value is -1.77. The lowest BCUT2D eigenvalue weighted by Crippen LogP contribution is -2.26. The van der Waals surface area contributed by atoms with Crippen LogP contribution in [0.4, 0.5) is 0 Å². The topological polar surface area (TPSA) is 37.8 Å². The predicted molar refractivity (Wildman–Crippen MR) is 57.9 cm³/mol. The van der Waals surface area contributed by atoms with Gasteiger partial charge < -0.3 is 4.98 Å². The molecule has 3 nitrogen and oxygen atoms in total. The Labute approximate surface area is 87.4 Å². The van der Waals surface area contributed by atoms with Crippen molar-refractivity contribution in [3.63, 3.8) is 0 Å². The molecule has 15 heavy (non-hydrogen) atoms. The molecule has 0 aliphatic heterocycles. The molecule has 0 saturated heterocycles. The van der Waals surface area contributed by atoms with Crippen molar-refractivity contribution in [3.8, 4) is 0 Å². The van der Waals surface area contributed by atoms with Crippen LogP contribution in [0, 0.1) is 0 Å². The number of aromatic amines is 1. The molecule has 1 heterocycles. The molecule has 1 aromatic heterocycles. The highest BCUT2D eigenvalue weighted by molar-refractivity contribution is 5.39. The first-order valence-corrected chi connectivity index (χ1v) is 5.16. The lowest BCUT2D eigenvalue weighted by molar-refractivity contribution is 0.500. The maximum Gasteiger partial charge on any atom is 0.325 e. The number of hydrogen-bond acceptors (Lipinski definition) is 1. The Morgan fingerprint density at radius 3 is 3.00 bits per heavy atom. The van der Waals surface area contributed by atoms with E-state index in [0.29, 0.717) is 5.92 Å². The third-order valence-corrected chi connectivity index (χ3v) is 3.10. The van der Waals surface area contributed by atoms with E-state index in [4.69, 9.17) is 0 Å². The molecule has 1 aliphatic carbocycles. The quantitative estimate of drug-likeness (QED) is 0.784. The predicted octanol–water partition coefficient (Wildman–Crippen LogP) is 1.52. The van der Waals surface area contributed by atoms with Crippen LogP contribution < -0.4 is 5.69 Å². The van der Waals surface area contributed by atoms with Gasteiger partial charge in [-0.25, -0.2) is 4.79 Å².